The third-order valence-electron chi connectivity index (χ3n) is 6.88. The van der Waals surface area contributed by atoms with Crippen LogP contribution in [0.2, 0.25) is 0 Å². The van der Waals surface area contributed by atoms with Crippen LogP contribution in [-0.2, 0) is 13.0 Å². The van der Waals surface area contributed by atoms with Gasteiger partial charge in [-0.3, -0.25) is 14.8 Å². The molecule has 34 heavy (non-hydrogen) atoms. The van der Waals surface area contributed by atoms with Crippen LogP contribution in [0.1, 0.15) is 52.1 Å². The maximum absolute atomic E-state index is 13.5. The van der Waals surface area contributed by atoms with Crippen LogP contribution in [0.4, 0.5) is 5.82 Å². The summed E-state index contributed by atoms with van der Waals surface area (Å²) in [5, 5.41) is 10.4. The van der Waals surface area contributed by atoms with E-state index in [2.05, 4.69) is 9.98 Å². The van der Waals surface area contributed by atoms with E-state index in [1.165, 1.54) is 0 Å². The topological polar surface area (TPSA) is 98.6 Å². The normalized spacial score (nSPS) is 21.2. The fourth-order valence-electron chi connectivity index (χ4n) is 4.80. The molecule has 3 aliphatic rings. The van der Waals surface area contributed by atoms with Crippen LogP contribution in [0.15, 0.2) is 47.7 Å². The van der Waals surface area contributed by atoms with Gasteiger partial charge in [-0.2, -0.15) is 0 Å². The first-order valence-corrected chi connectivity index (χ1v) is 11.4. The fourth-order valence-corrected chi connectivity index (χ4v) is 4.80. The highest BCUT2D eigenvalue weighted by molar-refractivity contribution is 6.14. The molecule has 9 heteroatoms. The van der Waals surface area contributed by atoms with E-state index in [1.54, 1.807) is 35.5 Å². The SMILES string of the molecule is CCN1C2=NC=CCC2(C)N(C)C(=O)c2cc(CCOc3cccc4c3CN(O)C4=O)cnc21. The van der Waals surface area contributed by atoms with E-state index in [1.807, 2.05) is 37.9 Å². The van der Waals surface area contributed by atoms with E-state index in [4.69, 9.17) is 4.74 Å². The van der Waals surface area contributed by atoms with Crippen LogP contribution >= 0.6 is 0 Å². The Bertz CT molecular complexity index is 1240. The molecule has 3 aliphatic heterocycles. The van der Waals surface area contributed by atoms with E-state index in [0.29, 0.717) is 59.3 Å². The predicted molar refractivity (Wildman–Crippen MR) is 126 cm³/mol. The number of amidine groups is 1. The summed E-state index contributed by atoms with van der Waals surface area (Å²) < 4.78 is 5.95. The lowest BCUT2D eigenvalue weighted by molar-refractivity contribution is -0.0581. The average Bonchev–Trinajstić information content (AvgIpc) is 3.11. The van der Waals surface area contributed by atoms with Crippen molar-refractivity contribution >= 4 is 23.5 Å². The number of rotatable bonds is 5. The molecule has 1 aromatic carbocycles. The largest absolute Gasteiger partial charge is 0.493 e. The van der Waals surface area contributed by atoms with E-state index >= 15 is 0 Å². The van der Waals surface area contributed by atoms with Crippen molar-refractivity contribution < 1.29 is 19.5 Å². The number of fused-ring (bicyclic) bond motifs is 3. The first-order valence-electron chi connectivity index (χ1n) is 11.4. The lowest BCUT2D eigenvalue weighted by Crippen LogP contribution is -2.57. The number of anilines is 1. The summed E-state index contributed by atoms with van der Waals surface area (Å²) in [5.74, 6) is 1.49. The molecule has 0 radical (unpaired) electrons. The molecule has 0 fully saturated rings. The fraction of sp³-hybridized carbons (Fsp3) is 0.360. The van der Waals surface area contributed by atoms with Crippen LogP contribution < -0.4 is 9.64 Å². The van der Waals surface area contributed by atoms with Gasteiger partial charge in [-0.25, -0.2) is 15.0 Å². The van der Waals surface area contributed by atoms with Gasteiger partial charge in [-0.15, -0.1) is 0 Å². The number of nitrogens with zero attached hydrogens (tertiary/aromatic N) is 5. The molecule has 5 rings (SSSR count). The number of aromatic nitrogens is 1. The molecule has 9 nitrogen and oxygen atoms in total. The molecule has 1 aromatic heterocycles. The minimum Gasteiger partial charge on any atom is -0.493 e. The first kappa shape index (κ1) is 22.1. The Balaban J connectivity index is 1.39. The summed E-state index contributed by atoms with van der Waals surface area (Å²) in [6, 6.07) is 7.09. The summed E-state index contributed by atoms with van der Waals surface area (Å²) in [7, 11) is 1.82. The summed E-state index contributed by atoms with van der Waals surface area (Å²) in [4.78, 5) is 38.6. The molecule has 1 unspecified atom stereocenters. The van der Waals surface area contributed by atoms with Crippen molar-refractivity contribution in [1.29, 1.82) is 0 Å². The predicted octanol–water partition coefficient (Wildman–Crippen LogP) is 3.03. The number of ether oxygens (including phenoxy) is 1. The van der Waals surface area contributed by atoms with Crippen molar-refractivity contribution in [1.82, 2.24) is 14.9 Å². The third kappa shape index (κ3) is 3.35. The minimum atomic E-state index is -0.544. The number of likely N-dealkylation sites (N-methyl/N-ethyl adjacent to an activating group) is 2. The number of aliphatic imine (C=N–C) groups is 1. The van der Waals surface area contributed by atoms with Crippen LogP contribution in [-0.4, -0.2) is 63.5 Å². The van der Waals surface area contributed by atoms with Gasteiger partial charge >= 0.3 is 0 Å². The molecule has 0 bridgehead atoms. The number of hydroxylamine groups is 2. The Kier molecular flexibility index (Phi) is 5.36. The van der Waals surface area contributed by atoms with Crippen LogP contribution in [0.25, 0.3) is 0 Å². The molecule has 0 spiro atoms. The molecule has 0 saturated heterocycles. The van der Waals surface area contributed by atoms with E-state index in [0.717, 1.165) is 11.4 Å². The lowest BCUT2D eigenvalue weighted by atomic mass is 9.92. The van der Waals surface area contributed by atoms with E-state index < -0.39 is 11.4 Å². The van der Waals surface area contributed by atoms with Gasteiger partial charge in [0.25, 0.3) is 11.8 Å². The highest BCUT2D eigenvalue weighted by Gasteiger charge is 2.45. The zero-order chi connectivity index (χ0) is 24.0. The van der Waals surface area contributed by atoms with Crippen LogP contribution in [0.5, 0.6) is 5.75 Å². The van der Waals surface area contributed by atoms with Gasteiger partial charge < -0.3 is 14.5 Å². The number of amides is 2. The zero-order valence-electron chi connectivity index (χ0n) is 19.5. The zero-order valence-corrected chi connectivity index (χ0v) is 19.5. The lowest BCUT2D eigenvalue weighted by Gasteiger charge is -2.41. The molecule has 4 heterocycles. The molecular formula is C25H27N5O4. The van der Waals surface area contributed by atoms with Crippen molar-refractivity contribution in [2.45, 2.75) is 38.8 Å². The van der Waals surface area contributed by atoms with Crippen molar-refractivity contribution in [3.8, 4) is 5.75 Å². The number of benzene rings is 1. The van der Waals surface area contributed by atoms with Gasteiger partial charge in [0, 0.05) is 38.0 Å². The van der Waals surface area contributed by atoms with E-state index in [-0.39, 0.29) is 12.5 Å². The second-order valence-corrected chi connectivity index (χ2v) is 8.88. The number of hydrogen-bond acceptors (Lipinski definition) is 7. The molecule has 176 valence electrons. The van der Waals surface area contributed by atoms with Gasteiger partial charge in [0.05, 0.1) is 24.3 Å². The number of carbonyl (C=O) groups excluding carboxylic acids is 2. The number of pyridine rings is 1. The standard InChI is InChI=1S/C25H27N5O4/c1-4-29-21-18(22(31)28(3)25(2)10-6-11-26-24(25)29)13-16(14-27-21)9-12-34-20-8-5-7-17-19(20)15-30(33)23(17)32/h5-8,11,13-14,33H,4,9-10,12,15H2,1-3H3. The highest BCUT2D eigenvalue weighted by Crippen LogP contribution is 2.35. The quantitative estimate of drug-likeness (QED) is 0.688. The van der Waals surface area contributed by atoms with Gasteiger partial charge in [0.15, 0.2) is 0 Å². The molecule has 2 aromatic rings. The van der Waals surface area contributed by atoms with Crippen LogP contribution in [0, 0.1) is 0 Å². The Labute approximate surface area is 197 Å². The van der Waals surface area contributed by atoms with Crippen LogP contribution in [0.3, 0.4) is 0 Å². The Morgan fingerprint density at radius 1 is 1.21 bits per heavy atom. The second kappa shape index (κ2) is 8.25. The first-order chi connectivity index (χ1) is 16.3. The Morgan fingerprint density at radius 3 is 2.82 bits per heavy atom. The molecule has 0 saturated carbocycles. The van der Waals surface area contributed by atoms with Gasteiger partial charge in [0.1, 0.15) is 22.9 Å². The highest BCUT2D eigenvalue weighted by atomic mass is 16.5. The molecule has 1 atom stereocenters. The van der Waals surface area contributed by atoms with Crippen molar-refractivity contribution in [2.24, 2.45) is 4.99 Å². The van der Waals surface area contributed by atoms with E-state index in [9.17, 15) is 14.8 Å². The monoisotopic (exact) mass is 461 g/mol. The maximum Gasteiger partial charge on any atom is 0.278 e. The van der Waals surface area contributed by atoms with Gasteiger partial charge in [0.2, 0.25) is 0 Å². The Morgan fingerprint density at radius 2 is 2.03 bits per heavy atom. The van der Waals surface area contributed by atoms with Gasteiger partial charge in [-0.1, -0.05) is 12.1 Å². The van der Waals surface area contributed by atoms with Gasteiger partial charge in [-0.05, 0) is 44.0 Å². The average molecular weight is 462 g/mol. The molecule has 2 amide bonds. The molecule has 0 aliphatic carbocycles. The minimum absolute atomic E-state index is 0.0888. The summed E-state index contributed by atoms with van der Waals surface area (Å²) >= 11 is 0. The van der Waals surface area contributed by atoms with Crippen molar-refractivity contribution in [2.75, 3.05) is 25.1 Å². The second-order valence-electron chi connectivity index (χ2n) is 8.88. The summed E-state index contributed by atoms with van der Waals surface area (Å²) in [6.07, 6.45) is 6.77. The third-order valence-corrected chi connectivity index (χ3v) is 6.88. The Hall–Kier alpha value is -3.72. The smallest absolute Gasteiger partial charge is 0.278 e. The number of hydrogen-bond donors (Lipinski definition) is 1. The summed E-state index contributed by atoms with van der Waals surface area (Å²) in [6.45, 7) is 5.15. The number of carbonyl (C=O) groups is 2. The molecule has 1 N–H and O–H groups in total. The van der Waals surface area contributed by atoms with Crippen molar-refractivity contribution in [3.05, 3.63) is 65.0 Å². The van der Waals surface area contributed by atoms with Crippen molar-refractivity contribution in [3.63, 3.8) is 0 Å². The summed E-state index contributed by atoms with van der Waals surface area (Å²) in [5.41, 5.74) is 2.00. The maximum atomic E-state index is 13.5. The molecular weight excluding hydrogens is 434 g/mol.